The number of likely N-dealkylation sites (N-methyl/N-ethyl adjacent to an activating group) is 4. The van der Waals surface area contributed by atoms with Crippen LogP contribution in [0.25, 0.3) is 0 Å². The number of ether oxygens (including phenoxy) is 5. The van der Waals surface area contributed by atoms with Gasteiger partial charge in [-0.05, 0) is 116 Å². The minimum atomic E-state index is -0.824. The van der Waals surface area contributed by atoms with Crippen molar-refractivity contribution in [2.45, 2.75) is 69.7 Å². The second-order valence-electron chi connectivity index (χ2n) is 16.5. The summed E-state index contributed by atoms with van der Waals surface area (Å²) in [6, 6.07) is 0. The molecule has 0 saturated carbocycles. The molecule has 1 atom stereocenters. The minimum Gasteiger partial charge on any atom is -0.464 e. The van der Waals surface area contributed by atoms with Crippen molar-refractivity contribution in [3.05, 3.63) is 0 Å². The summed E-state index contributed by atoms with van der Waals surface area (Å²) in [4.78, 5) is 77.1. The summed E-state index contributed by atoms with van der Waals surface area (Å²) in [5.74, 6) is -1.50. The highest BCUT2D eigenvalue weighted by atomic mass is 79.9. The van der Waals surface area contributed by atoms with Gasteiger partial charge < -0.3 is 53.1 Å². The van der Waals surface area contributed by atoms with Crippen molar-refractivity contribution in [2.75, 3.05) is 168 Å². The van der Waals surface area contributed by atoms with E-state index in [-0.39, 0.29) is 55.5 Å². The molecule has 18 heteroatoms. The molecule has 0 N–H and O–H groups in total. The Labute approximate surface area is 364 Å². The molecule has 0 aromatic carbocycles. The first-order valence-electron chi connectivity index (χ1n) is 21.0. The topological polar surface area (TPSA) is 154 Å². The van der Waals surface area contributed by atoms with Gasteiger partial charge >= 0.3 is 29.8 Å². The van der Waals surface area contributed by atoms with Crippen molar-refractivity contribution in [3.63, 3.8) is 0 Å². The highest BCUT2D eigenvalue weighted by molar-refractivity contribution is 9.10. The van der Waals surface area contributed by atoms with Crippen LogP contribution < -0.4 is 0 Å². The summed E-state index contributed by atoms with van der Waals surface area (Å²) in [6.45, 7) is 13.9. The van der Waals surface area contributed by atoms with E-state index < -0.39 is 10.4 Å². The molecule has 1 unspecified atom stereocenters. The van der Waals surface area contributed by atoms with Crippen LogP contribution >= 0.6 is 15.9 Å². The van der Waals surface area contributed by atoms with Gasteiger partial charge in [-0.3, -0.25) is 28.9 Å². The van der Waals surface area contributed by atoms with Crippen molar-refractivity contribution in [2.24, 2.45) is 0 Å². The molecule has 0 aromatic heterocycles. The van der Waals surface area contributed by atoms with E-state index in [1.807, 2.05) is 82.9 Å². The Hall–Kier alpha value is -2.45. The van der Waals surface area contributed by atoms with Crippen LogP contribution in [0.3, 0.4) is 0 Å². The predicted octanol–water partition coefficient (Wildman–Crippen LogP) is 1.76. The van der Waals surface area contributed by atoms with Gasteiger partial charge in [-0.2, -0.15) is 0 Å². The first kappa shape index (κ1) is 56.5. The molecule has 0 spiro atoms. The van der Waals surface area contributed by atoms with Crippen LogP contribution in [-0.2, 0) is 47.7 Å². The van der Waals surface area contributed by atoms with Crippen LogP contribution in [0.1, 0.15) is 59.3 Å². The lowest BCUT2D eigenvalue weighted by molar-refractivity contribution is -0.151. The van der Waals surface area contributed by atoms with E-state index in [0.717, 1.165) is 12.8 Å². The molecule has 0 saturated heterocycles. The average Bonchev–Trinajstić information content (AvgIpc) is 3.12. The number of hydrogen-bond acceptors (Lipinski definition) is 17. The Morgan fingerprint density at radius 3 is 0.983 bits per heavy atom. The van der Waals surface area contributed by atoms with Gasteiger partial charge in [0.25, 0.3) is 0 Å². The Balaban J connectivity index is 5.75. The first-order valence-corrected chi connectivity index (χ1v) is 21.8. The van der Waals surface area contributed by atoms with E-state index in [2.05, 4.69) is 30.6 Å². The van der Waals surface area contributed by atoms with Crippen LogP contribution in [0.5, 0.6) is 0 Å². The summed E-state index contributed by atoms with van der Waals surface area (Å²) in [5.41, 5.74) is 0. The van der Waals surface area contributed by atoms with Gasteiger partial charge in [-0.25, -0.2) is 0 Å². The van der Waals surface area contributed by atoms with Crippen LogP contribution in [0, 0.1) is 0 Å². The molecule has 59 heavy (non-hydrogen) atoms. The maximum Gasteiger partial charge on any atom is 0.322 e. The lowest BCUT2D eigenvalue weighted by atomic mass is 10.2. The molecule has 0 aliphatic heterocycles. The number of alkyl halides is 1. The normalized spacial score (nSPS) is 12.6. The largest absolute Gasteiger partial charge is 0.464 e. The Bertz CT molecular complexity index is 1040. The van der Waals surface area contributed by atoms with Crippen molar-refractivity contribution in [3.8, 4) is 0 Å². The fourth-order valence-electron chi connectivity index (χ4n) is 5.38. The van der Waals surface area contributed by atoms with E-state index in [1.165, 1.54) is 0 Å². The predicted molar refractivity (Wildman–Crippen MR) is 234 cm³/mol. The van der Waals surface area contributed by atoms with Crippen molar-refractivity contribution in [1.29, 1.82) is 0 Å². The summed E-state index contributed by atoms with van der Waals surface area (Å²) < 4.78 is 26.6. The second kappa shape index (κ2) is 33.2. The Morgan fingerprint density at radius 1 is 0.458 bits per heavy atom. The molecule has 0 aliphatic rings. The number of esters is 5. The van der Waals surface area contributed by atoms with Crippen molar-refractivity contribution in [1.82, 2.24) is 34.3 Å². The quantitative estimate of drug-likeness (QED) is 0.0509. The van der Waals surface area contributed by atoms with Gasteiger partial charge in [0.15, 0.2) is 0 Å². The first-order chi connectivity index (χ1) is 27.7. The van der Waals surface area contributed by atoms with E-state index in [0.29, 0.717) is 112 Å². The molecule has 17 nitrogen and oxygen atoms in total. The van der Waals surface area contributed by atoms with Gasteiger partial charge in [0, 0.05) is 58.9 Å². The highest BCUT2D eigenvalue weighted by Crippen LogP contribution is 2.19. The third-order valence-corrected chi connectivity index (χ3v) is 9.26. The van der Waals surface area contributed by atoms with E-state index in [9.17, 15) is 24.0 Å². The summed E-state index contributed by atoms with van der Waals surface area (Å²) in [7, 11) is 15.3. The molecular formula is C41H80BrN7O10. The molecule has 0 heterocycles. The van der Waals surface area contributed by atoms with E-state index >= 15 is 0 Å². The third kappa shape index (κ3) is 34.9. The van der Waals surface area contributed by atoms with Crippen LogP contribution in [0.15, 0.2) is 0 Å². The van der Waals surface area contributed by atoms with Crippen LogP contribution in [-0.4, -0.2) is 242 Å². The van der Waals surface area contributed by atoms with Crippen LogP contribution in [0.2, 0.25) is 0 Å². The Kier molecular flexibility index (Phi) is 31.8. The molecule has 0 rings (SSSR count). The molecule has 0 fully saturated rings. The number of hydrogen-bond donors (Lipinski definition) is 0. The number of carbonyl (C=O) groups is 5. The second-order valence-corrected chi connectivity index (χ2v) is 18.5. The van der Waals surface area contributed by atoms with Crippen molar-refractivity contribution < 1.29 is 47.7 Å². The zero-order chi connectivity index (χ0) is 44.8. The zero-order valence-corrected chi connectivity index (χ0v) is 40.0. The Morgan fingerprint density at radius 2 is 0.729 bits per heavy atom. The van der Waals surface area contributed by atoms with Gasteiger partial charge in [-0.15, -0.1) is 0 Å². The summed E-state index contributed by atoms with van der Waals surface area (Å²) in [6.07, 6.45) is 1.84. The highest BCUT2D eigenvalue weighted by Gasteiger charge is 2.28. The monoisotopic (exact) mass is 910 g/mol. The van der Waals surface area contributed by atoms with Crippen LogP contribution in [0.4, 0.5) is 0 Å². The number of halogens is 1. The summed E-state index contributed by atoms with van der Waals surface area (Å²) >= 11 is 3.39. The molecule has 0 bridgehead atoms. The molecule has 346 valence electrons. The SMILES string of the molecule is CC(CN(CCCN(CCC(=O)OCCN(C)C)CCC(=O)OCCN(C)C)CCCN(CCC(=O)OCCN(C)C)CCC(=O)OCCN(C)C)OC(=O)C(C)(C)Br. The maximum absolute atomic E-state index is 12.7. The molecule has 0 radical (unpaired) electrons. The van der Waals surface area contributed by atoms with Gasteiger partial charge in [0.05, 0.1) is 25.7 Å². The van der Waals surface area contributed by atoms with E-state index in [4.69, 9.17) is 23.7 Å². The molecule has 0 aliphatic carbocycles. The molecule has 0 aromatic rings. The summed E-state index contributed by atoms with van der Waals surface area (Å²) in [5, 5.41) is 0. The van der Waals surface area contributed by atoms with Gasteiger partial charge in [-0.1, -0.05) is 15.9 Å². The zero-order valence-electron chi connectivity index (χ0n) is 38.4. The standard InChI is InChI=1S/C41H80BrN7O10/c1-35(59-40(54)41(2,3)42)34-49(20-12-18-47(22-14-36(50)55-30-26-43(4)5)23-15-37(51)56-31-27-44(6)7)21-13-19-48(24-16-38(52)57-32-28-45(8)9)25-17-39(53)58-33-29-46(10)11/h35H,12-34H2,1-11H3. The maximum atomic E-state index is 12.7. The average molecular weight is 911 g/mol. The number of nitrogens with zero attached hydrogens (tertiary/aromatic N) is 7. The van der Waals surface area contributed by atoms with E-state index in [1.54, 1.807) is 13.8 Å². The smallest absolute Gasteiger partial charge is 0.322 e. The number of rotatable bonds is 36. The third-order valence-electron chi connectivity index (χ3n) is 8.94. The number of carbonyl (C=O) groups excluding carboxylic acids is 5. The lowest BCUT2D eigenvalue weighted by Gasteiger charge is -2.29. The minimum absolute atomic E-state index is 0.199. The molecular weight excluding hydrogens is 830 g/mol. The fourth-order valence-corrected chi connectivity index (χ4v) is 5.47. The molecule has 0 amide bonds. The van der Waals surface area contributed by atoms with Crippen molar-refractivity contribution >= 4 is 45.8 Å². The fraction of sp³-hybridized carbons (Fsp3) is 0.878. The van der Waals surface area contributed by atoms with Gasteiger partial charge in [0.2, 0.25) is 0 Å². The van der Waals surface area contributed by atoms with Gasteiger partial charge in [0.1, 0.15) is 36.9 Å². The lowest BCUT2D eigenvalue weighted by Crippen LogP contribution is -2.40.